The molecule has 6 nitrogen and oxygen atoms in total. The molecular formula is C17H20N2O4S. The first-order valence-corrected chi connectivity index (χ1v) is 7.53. The minimum atomic E-state index is 0.400. The lowest BCUT2D eigenvalue weighted by Gasteiger charge is -2.15. The summed E-state index contributed by atoms with van der Waals surface area (Å²) in [7, 11) is 6.38. The first-order valence-electron chi connectivity index (χ1n) is 7.12. The third kappa shape index (κ3) is 4.42. The van der Waals surface area contributed by atoms with Crippen LogP contribution in [-0.2, 0) is 0 Å². The number of hydrogen-bond acceptors (Lipinski definition) is 5. The minimum absolute atomic E-state index is 0.400. The van der Waals surface area contributed by atoms with Gasteiger partial charge in [0.25, 0.3) is 0 Å². The maximum atomic E-state index is 5.36. The van der Waals surface area contributed by atoms with E-state index in [2.05, 4.69) is 10.6 Å². The highest BCUT2D eigenvalue weighted by molar-refractivity contribution is 7.80. The van der Waals surface area contributed by atoms with Crippen molar-refractivity contribution in [1.29, 1.82) is 0 Å². The highest BCUT2D eigenvalue weighted by Gasteiger charge is 2.08. The molecule has 0 spiro atoms. The van der Waals surface area contributed by atoms with Crippen LogP contribution in [-0.4, -0.2) is 33.6 Å². The molecule has 0 bridgehead atoms. The van der Waals surface area contributed by atoms with E-state index in [9.17, 15) is 0 Å². The molecule has 2 aromatic carbocycles. The fourth-order valence-electron chi connectivity index (χ4n) is 2.08. The molecule has 24 heavy (non-hydrogen) atoms. The van der Waals surface area contributed by atoms with Crippen molar-refractivity contribution in [1.82, 2.24) is 0 Å². The van der Waals surface area contributed by atoms with Gasteiger partial charge in [-0.15, -0.1) is 0 Å². The van der Waals surface area contributed by atoms with Gasteiger partial charge in [0.1, 0.15) is 23.0 Å². The van der Waals surface area contributed by atoms with Crippen molar-refractivity contribution in [2.45, 2.75) is 0 Å². The molecule has 2 aromatic rings. The molecule has 2 N–H and O–H groups in total. The molecule has 2 rings (SSSR count). The second-order valence-electron chi connectivity index (χ2n) is 4.75. The van der Waals surface area contributed by atoms with Crippen molar-refractivity contribution in [2.24, 2.45) is 0 Å². The number of hydrogen-bond donors (Lipinski definition) is 2. The fraction of sp³-hybridized carbons (Fsp3) is 0.235. The molecule has 128 valence electrons. The molecule has 7 heteroatoms. The monoisotopic (exact) mass is 348 g/mol. The maximum absolute atomic E-state index is 5.36. The Morgan fingerprint density at radius 2 is 1.38 bits per heavy atom. The van der Waals surface area contributed by atoms with Gasteiger partial charge < -0.3 is 29.6 Å². The SMILES string of the molecule is COc1cc(NC(=S)Nc2cc(OC)ccc2OC)cc(OC)c1. The molecule has 0 aliphatic carbocycles. The lowest BCUT2D eigenvalue weighted by atomic mass is 10.2. The Balaban J connectivity index is 2.16. The van der Waals surface area contributed by atoms with Gasteiger partial charge in [0.15, 0.2) is 5.11 Å². The van der Waals surface area contributed by atoms with Crippen molar-refractivity contribution in [3.63, 3.8) is 0 Å². The van der Waals surface area contributed by atoms with Crippen molar-refractivity contribution >= 4 is 28.7 Å². The van der Waals surface area contributed by atoms with Gasteiger partial charge >= 0.3 is 0 Å². The van der Waals surface area contributed by atoms with Gasteiger partial charge in [0.05, 0.1) is 34.1 Å². The lowest BCUT2D eigenvalue weighted by Crippen LogP contribution is -2.19. The predicted molar refractivity (Wildman–Crippen MR) is 98.9 cm³/mol. The van der Waals surface area contributed by atoms with Gasteiger partial charge in [0.2, 0.25) is 0 Å². The van der Waals surface area contributed by atoms with Crippen LogP contribution in [0.25, 0.3) is 0 Å². The zero-order valence-corrected chi connectivity index (χ0v) is 14.8. The van der Waals surface area contributed by atoms with Crippen LogP contribution in [0.3, 0.4) is 0 Å². The summed E-state index contributed by atoms with van der Waals surface area (Å²) in [5.74, 6) is 2.68. The summed E-state index contributed by atoms with van der Waals surface area (Å²) in [5.41, 5.74) is 1.44. The first-order chi connectivity index (χ1) is 11.6. The van der Waals surface area contributed by atoms with E-state index in [4.69, 9.17) is 31.2 Å². The van der Waals surface area contributed by atoms with Gasteiger partial charge in [0, 0.05) is 30.0 Å². The molecule has 0 saturated heterocycles. The summed E-state index contributed by atoms with van der Waals surface area (Å²) in [6.07, 6.45) is 0. The quantitative estimate of drug-likeness (QED) is 0.774. The Hall–Kier alpha value is -2.67. The van der Waals surface area contributed by atoms with E-state index >= 15 is 0 Å². The maximum Gasteiger partial charge on any atom is 0.175 e. The van der Waals surface area contributed by atoms with E-state index in [-0.39, 0.29) is 0 Å². The van der Waals surface area contributed by atoms with E-state index in [1.807, 2.05) is 18.2 Å². The summed E-state index contributed by atoms with van der Waals surface area (Å²) in [6.45, 7) is 0. The normalized spacial score (nSPS) is 9.83. The van der Waals surface area contributed by atoms with Gasteiger partial charge in [-0.3, -0.25) is 0 Å². The standard InChI is InChI=1S/C17H20N2O4S/c1-20-12-5-6-16(23-4)15(10-12)19-17(24)18-11-7-13(21-2)9-14(8-11)22-3/h5-10H,1-4H3,(H2,18,19,24). The largest absolute Gasteiger partial charge is 0.497 e. The molecule has 0 fully saturated rings. The predicted octanol–water partition coefficient (Wildman–Crippen LogP) is 3.53. The van der Waals surface area contributed by atoms with Gasteiger partial charge in [-0.1, -0.05) is 0 Å². The van der Waals surface area contributed by atoms with Crippen LogP contribution in [0.1, 0.15) is 0 Å². The number of methoxy groups -OCH3 is 4. The minimum Gasteiger partial charge on any atom is -0.497 e. The van der Waals surface area contributed by atoms with E-state index in [0.717, 1.165) is 5.69 Å². The van der Waals surface area contributed by atoms with E-state index in [1.165, 1.54) is 0 Å². The number of ether oxygens (including phenoxy) is 4. The zero-order chi connectivity index (χ0) is 17.5. The molecule has 0 atom stereocenters. The molecule has 0 aliphatic rings. The Morgan fingerprint density at radius 3 is 1.92 bits per heavy atom. The van der Waals surface area contributed by atoms with Crippen LogP contribution in [0, 0.1) is 0 Å². The van der Waals surface area contributed by atoms with Crippen molar-refractivity contribution in [3.8, 4) is 23.0 Å². The van der Waals surface area contributed by atoms with E-state index in [0.29, 0.717) is 33.8 Å². The highest BCUT2D eigenvalue weighted by Crippen LogP contribution is 2.30. The van der Waals surface area contributed by atoms with Gasteiger partial charge in [-0.25, -0.2) is 0 Å². The molecular weight excluding hydrogens is 328 g/mol. The Kier molecular flexibility index (Phi) is 6.08. The average molecular weight is 348 g/mol. The average Bonchev–Trinajstić information content (AvgIpc) is 2.60. The Morgan fingerprint density at radius 1 is 0.750 bits per heavy atom. The molecule has 0 heterocycles. The van der Waals surface area contributed by atoms with E-state index in [1.54, 1.807) is 46.6 Å². The lowest BCUT2D eigenvalue weighted by molar-refractivity contribution is 0.395. The zero-order valence-electron chi connectivity index (χ0n) is 14.0. The smallest absolute Gasteiger partial charge is 0.175 e. The van der Waals surface area contributed by atoms with Crippen LogP contribution in [0.15, 0.2) is 36.4 Å². The Bertz CT molecular complexity index is 699. The molecule has 0 aliphatic heterocycles. The summed E-state index contributed by atoms with van der Waals surface area (Å²) in [6, 6.07) is 10.8. The fourth-order valence-corrected chi connectivity index (χ4v) is 2.30. The van der Waals surface area contributed by atoms with Crippen molar-refractivity contribution in [3.05, 3.63) is 36.4 Å². The van der Waals surface area contributed by atoms with Crippen molar-refractivity contribution in [2.75, 3.05) is 39.1 Å². The number of benzene rings is 2. The summed E-state index contributed by atoms with van der Waals surface area (Å²) >= 11 is 5.36. The molecule has 0 radical (unpaired) electrons. The number of rotatable bonds is 6. The number of thiocarbonyl (C=S) groups is 1. The third-order valence-corrected chi connectivity index (χ3v) is 3.47. The summed E-state index contributed by atoms with van der Waals surface area (Å²) in [5, 5.41) is 6.59. The second kappa shape index (κ2) is 8.26. The van der Waals surface area contributed by atoms with Crippen molar-refractivity contribution < 1.29 is 18.9 Å². The summed E-state index contributed by atoms with van der Waals surface area (Å²) < 4.78 is 21.0. The molecule has 0 unspecified atom stereocenters. The third-order valence-electron chi connectivity index (χ3n) is 3.26. The number of nitrogens with one attached hydrogen (secondary N) is 2. The van der Waals surface area contributed by atoms with Crippen LogP contribution < -0.4 is 29.6 Å². The van der Waals surface area contributed by atoms with Crippen LogP contribution in [0.2, 0.25) is 0 Å². The van der Waals surface area contributed by atoms with Crippen LogP contribution in [0.5, 0.6) is 23.0 Å². The van der Waals surface area contributed by atoms with Gasteiger partial charge in [-0.2, -0.15) is 0 Å². The Labute approximate surface area is 146 Å². The molecule has 0 saturated carbocycles. The van der Waals surface area contributed by atoms with E-state index < -0.39 is 0 Å². The molecule has 0 aromatic heterocycles. The first kappa shape index (κ1) is 17.7. The summed E-state index contributed by atoms with van der Waals surface area (Å²) in [4.78, 5) is 0. The number of anilines is 2. The van der Waals surface area contributed by atoms with Crippen LogP contribution >= 0.6 is 12.2 Å². The van der Waals surface area contributed by atoms with Crippen LogP contribution in [0.4, 0.5) is 11.4 Å². The van der Waals surface area contributed by atoms with Gasteiger partial charge in [-0.05, 0) is 24.4 Å². The highest BCUT2D eigenvalue weighted by atomic mass is 32.1. The topological polar surface area (TPSA) is 61.0 Å². The second-order valence-corrected chi connectivity index (χ2v) is 5.15. The molecule has 0 amide bonds.